The van der Waals surface area contributed by atoms with Gasteiger partial charge < -0.3 is 4.74 Å². The van der Waals surface area contributed by atoms with Gasteiger partial charge in [0.25, 0.3) is 0 Å². The van der Waals surface area contributed by atoms with E-state index in [9.17, 15) is 0 Å². The lowest BCUT2D eigenvalue weighted by atomic mass is 10.3. The normalized spacial score (nSPS) is 10.2. The van der Waals surface area contributed by atoms with Crippen molar-refractivity contribution in [2.75, 3.05) is 6.61 Å². The van der Waals surface area contributed by atoms with E-state index in [1.165, 1.54) is 0 Å². The first-order chi connectivity index (χ1) is 6.07. The third-order valence-electron chi connectivity index (χ3n) is 1.37. The molecular formula is C8H6Br4O. The number of rotatable bonds is 2. The SMILES string of the molecule is CCOc1cc(Br)c(Br)c(Br)c1Br. The predicted molar refractivity (Wildman–Crippen MR) is 68.4 cm³/mol. The highest BCUT2D eigenvalue weighted by atomic mass is 79.9. The van der Waals surface area contributed by atoms with Gasteiger partial charge in [-0.15, -0.1) is 0 Å². The number of ether oxygens (including phenoxy) is 1. The topological polar surface area (TPSA) is 9.23 Å². The molecule has 0 aliphatic carbocycles. The summed E-state index contributed by atoms with van der Waals surface area (Å²) in [6, 6.07) is 1.92. The Kier molecular flexibility index (Phi) is 4.75. The molecule has 0 radical (unpaired) electrons. The number of halogens is 4. The molecule has 72 valence electrons. The minimum atomic E-state index is 0.652. The molecule has 1 nitrogen and oxygen atoms in total. The van der Waals surface area contributed by atoms with Crippen LogP contribution in [0.4, 0.5) is 0 Å². The molecule has 0 heterocycles. The fourth-order valence-electron chi connectivity index (χ4n) is 0.812. The van der Waals surface area contributed by atoms with Gasteiger partial charge in [0.1, 0.15) is 5.75 Å². The van der Waals surface area contributed by atoms with Crippen LogP contribution in [0.5, 0.6) is 5.75 Å². The van der Waals surface area contributed by atoms with Crippen molar-refractivity contribution in [1.82, 2.24) is 0 Å². The molecule has 0 unspecified atom stereocenters. The molecule has 0 fully saturated rings. The Morgan fingerprint density at radius 3 is 2.23 bits per heavy atom. The van der Waals surface area contributed by atoms with E-state index in [1.54, 1.807) is 0 Å². The van der Waals surface area contributed by atoms with Gasteiger partial charge in [-0.3, -0.25) is 0 Å². The maximum Gasteiger partial charge on any atom is 0.135 e. The van der Waals surface area contributed by atoms with Crippen molar-refractivity contribution in [2.45, 2.75) is 6.92 Å². The summed E-state index contributed by atoms with van der Waals surface area (Å²) in [4.78, 5) is 0. The quantitative estimate of drug-likeness (QED) is 0.460. The molecule has 1 aromatic rings. The molecule has 0 spiro atoms. The highest BCUT2D eigenvalue weighted by Gasteiger charge is 2.11. The lowest BCUT2D eigenvalue weighted by Gasteiger charge is -2.09. The second kappa shape index (κ2) is 5.14. The second-order valence-electron chi connectivity index (χ2n) is 2.23. The zero-order chi connectivity index (χ0) is 10.0. The van der Waals surface area contributed by atoms with Gasteiger partial charge in [0.05, 0.1) is 15.6 Å². The molecular weight excluding hydrogens is 432 g/mol. The molecule has 0 aliphatic rings. The van der Waals surface area contributed by atoms with Crippen LogP contribution in [-0.2, 0) is 0 Å². The molecule has 0 saturated carbocycles. The third kappa shape index (κ3) is 2.70. The van der Waals surface area contributed by atoms with Crippen molar-refractivity contribution in [3.05, 3.63) is 24.0 Å². The van der Waals surface area contributed by atoms with Gasteiger partial charge in [-0.1, -0.05) is 0 Å². The lowest BCUT2D eigenvalue weighted by molar-refractivity contribution is 0.337. The van der Waals surface area contributed by atoms with Crippen molar-refractivity contribution < 1.29 is 4.74 Å². The maximum atomic E-state index is 5.43. The van der Waals surface area contributed by atoms with Gasteiger partial charge >= 0.3 is 0 Å². The Balaban J connectivity index is 3.24. The molecule has 5 heteroatoms. The summed E-state index contributed by atoms with van der Waals surface area (Å²) in [7, 11) is 0. The van der Waals surface area contributed by atoms with Crippen LogP contribution >= 0.6 is 63.7 Å². The second-order valence-corrected chi connectivity index (χ2v) is 5.46. The first kappa shape index (κ1) is 12.0. The molecule has 1 rings (SSSR count). The van der Waals surface area contributed by atoms with E-state index in [0.29, 0.717) is 6.61 Å². The van der Waals surface area contributed by atoms with Crippen LogP contribution in [0.25, 0.3) is 0 Å². The summed E-state index contributed by atoms with van der Waals surface area (Å²) in [6.07, 6.45) is 0. The van der Waals surface area contributed by atoms with E-state index < -0.39 is 0 Å². The summed E-state index contributed by atoms with van der Waals surface area (Å²) in [5.41, 5.74) is 0. The molecule has 0 saturated heterocycles. The van der Waals surface area contributed by atoms with E-state index >= 15 is 0 Å². The highest BCUT2D eigenvalue weighted by Crippen LogP contribution is 2.42. The summed E-state index contributed by atoms with van der Waals surface area (Å²) in [5, 5.41) is 0. The van der Waals surface area contributed by atoms with Gasteiger partial charge in [-0.2, -0.15) is 0 Å². The fourth-order valence-corrected chi connectivity index (χ4v) is 2.90. The summed E-state index contributed by atoms with van der Waals surface area (Å²) in [5.74, 6) is 0.824. The average Bonchev–Trinajstić information content (AvgIpc) is 2.11. The largest absolute Gasteiger partial charge is 0.493 e. The summed E-state index contributed by atoms with van der Waals surface area (Å²) in [6.45, 7) is 2.61. The molecule has 1 aromatic carbocycles. The van der Waals surface area contributed by atoms with Crippen LogP contribution in [0.1, 0.15) is 6.92 Å². The molecule has 13 heavy (non-hydrogen) atoms. The highest BCUT2D eigenvalue weighted by molar-refractivity contribution is 9.15. The van der Waals surface area contributed by atoms with Crippen molar-refractivity contribution in [2.24, 2.45) is 0 Å². The van der Waals surface area contributed by atoms with Crippen molar-refractivity contribution in [3.8, 4) is 5.75 Å². The number of benzene rings is 1. The Morgan fingerprint density at radius 1 is 1.08 bits per heavy atom. The van der Waals surface area contributed by atoms with Crippen LogP contribution in [-0.4, -0.2) is 6.61 Å². The fraction of sp³-hybridized carbons (Fsp3) is 0.250. The minimum absolute atomic E-state index is 0.652. The van der Waals surface area contributed by atoms with Crippen LogP contribution in [0, 0.1) is 0 Å². The van der Waals surface area contributed by atoms with Crippen molar-refractivity contribution >= 4 is 63.7 Å². The standard InChI is InChI=1S/C8H6Br4O/c1-2-13-5-3-4(9)6(10)8(12)7(5)11/h3H,2H2,1H3. The number of hydrogen-bond acceptors (Lipinski definition) is 1. The van der Waals surface area contributed by atoms with Crippen molar-refractivity contribution in [1.29, 1.82) is 0 Å². The minimum Gasteiger partial charge on any atom is -0.493 e. The Labute approximate surface area is 111 Å². The van der Waals surface area contributed by atoms with Gasteiger partial charge in [-0.05, 0) is 76.7 Å². The van der Waals surface area contributed by atoms with E-state index in [1.807, 2.05) is 13.0 Å². The van der Waals surface area contributed by atoms with Crippen LogP contribution in [0.15, 0.2) is 24.0 Å². The van der Waals surface area contributed by atoms with E-state index in [0.717, 1.165) is 23.6 Å². The van der Waals surface area contributed by atoms with Crippen LogP contribution in [0.3, 0.4) is 0 Å². The molecule has 0 N–H and O–H groups in total. The number of hydrogen-bond donors (Lipinski definition) is 0. The first-order valence-electron chi connectivity index (χ1n) is 3.53. The molecule has 0 aromatic heterocycles. The maximum absolute atomic E-state index is 5.43. The van der Waals surface area contributed by atoms with Gasteiger partial charge in [0.2, 0.25) is 0 Å². The van der Waals surface area contributed by atoms with Gasteiger partial charge in [0, 0.05) is 8.95 Å². The van der Waals surface area contributed by atoms with E-state index in [-0.39, 0.29) is 0 Å². The van der Waals surface area contributed by atoms with Crippen molar-refractivity contribution in [3.63, 3.8) is 0 Å². The smallest absolute Gasteiger partial charge is 0.135 e. The molecule has 0 atom stereocenters. The first-order valence-corrected chi connectivity index (χ1v) is 6.71. The average molecular weight is 438 g/mol. The van der Waals surface area contributed by atoms with E-state index in [4.69, 9.17) is 4.74 Å². The Hall–Kier alpha value is 0.940. The predicted octanol–water partition coefficient (Wildman–Crippen LogP) is 5.14. The van der Waals surface area contributed by atoms with Crippen LogP contribution < -0.4 is 4.74 Å². The zero-order valence-electron chi connectivity index (χ0n) is 6.70. The lowest BCUT2D eigenvalue weighted by Crippen LogP contribution is -1.93. The zero-order valence-corrected chi connectivity index (χ0v) is 13.0. The summed E-state index contributed by atoms with van der Waals surface area (Å²) >= 11 is 13.7. The Bertz CT molecular complexity index is 324. The molecule has 0 bridgehead atoms. The molecule has 0 amide bonds. The van der Waals surface area contributed by atoms with Gasteiger partial charge in [-0.25, -0.2) is 0 Å². The molecule has 0 aliphatic heterocycles. The van der Waals surface area contributed by atoms with Crippen LogP contribution in [0.2, 0.25) is 0 Å². The Morgan fingerprint density at radius 2 is 1.69 bits per heavy atom. The van der Waals surface area contributed by atoms with Gasteiger partial charge in [0.15, 0.2) is 0 Å². The monoisotopic (exact) mass is 434 g/mol. The third-order valence-corrected chi connectivity index (χ3v) is 5.99. The summed E-state index contributed by atoms with van der Waals surface area (Å²) < 4.78 is 9.23. The van der Waals surface area contributed by atoms with E-state index in [2.05, 4.69) is 63.7 Å².